The van der Waals surface area contributed by atoms with E-state index in [1.165, 1.54) is 24.3 Å². The van der Waals surface area contributed by atoms with Crippen molar-refractivity contribution >= 4 is 16.0 Å². The molecule has 2 heterocycles. The Labute approximate surface area is 160 Å². The molecule has 3 rings (SSSR count). The highest BCUT2D eigenvalue weighted by molar-refractivity contribution is 7.89. The molecule has 0 radical (unpaired) electrons. The lowest BCUT2D eigenvalue weighted by Crippen LogP contribution is -2.39. The smallest absolute Gasteiger partial charge is 0.475 e. The Balaban J connectivity index is 0.000000345. The summed E-state index contributed by atoms with van der Waals surface area (Å²) in [7, 11) is -3.53. The molecule has 28 heavy (non-hydrogen) atoms. The second-order valence-corrected chi connectivity index (χ2v) is 8.26. The summed E-state index contributed by atoms with van der Waals surface area (Å²) >= 11 is 0. The van der Waals surface area contributed by atoms with Gasteiger partial charge in [0.05, 0.1) is 4.90 Å². The van der Waals surface area contributed by atoms with Gasteiger partial charge in [0.1, 0.15) is 5.82 Å². The molecule has 0 bridgehead atoms. The maximum Gasteiger partial charge on any atom is 0.490 e. The van der Waals surface area contributed by atoms with E-state index in [1.54, 1.807) is 4.31 Å². The number of hydrogen-bond acceptors (Lipinski definition) is 4. The van der Waals surface area contributed by atoms with Crippen LogP contribution < -0.4 is 0 Å². The summed E-state index contributed by atoms with van der Waals surface area (Å²) in [5.41, 5.74) is 0. The monoisotopic (exact) mass is 424 g/mol. The third kappa shape index (κ3) is 4.89. The number of hydrogen-bond donors (Lipinski definition) is 1. The summed E-state index contributed by atoms with van der Waals surface area (Å²) < 4.78 is 71.7. The van der Waals surface area contributed by atoms with Crippen molar-refractivity contribution in [1.82, 2.24) is 9.21 Å². The summed E-state index contributed by atoms with van der Waals surface area (Å²) in [6, 6.07) is 5.37. The standard InChI is InChI=1S/C15H19FN2O2S.C2HF3O2/c1-2-9-17-10-7-15-14(17)8-11-18(15)21(19,20)13-5-3-12(16)4-6-13;3-2(4,5)1(6)7/h2-6,14-15H,1,7-11H2;(H,6,7)/t14-,15+;/m0./s1. The van der Waals surface area contributed by atoms with Crippen molar-refractivity contribution in [2.45, 2.75) is 36.0 Å². The van der Waals surface area contributed by atoms with Crippen molar-refractivity contribution < 1.29 is 35.9 Å². The Bertz CT molecular complexity index is 811. The summed E-state index contributed by atoms with van der Waals surface area (Å²) in [5, 5.41) is 7.12. The highest BCUT2D eigenvalue weighted by Crippen LogP contribution is 2.35. The number of halogens is 4. The number of fused-ring (bicyclic) bond motifs is 1. The van der Waals surface area contributed by atoms with E-state index in [9.17, 15) is 26.0 Å². The number of rotatable bonds is 4. The Hall–Kier alpha value is -1.98. The number of carboxylic acids is 1. The van der Waals surface area contributed by atoms with Gasteiger partial charge in [-0.2, -0.15) is 17.5 Å². The summed E-state index contributed by atoms with van der Waals surface area (Å²) in [6.45, 7) is 5.98. The van der Waals surface area contributed by atoms with Crippen LogP contribution in [0.2, 0.25) is 0 Å². The van der Waals surface area contributed by atoms with Gasteiger partial charge in [0, 0.05) is 31.7 Å². The van der Waals surface area contributed by atoms with Crippen LogP contribution >= 0.6 is 0 Å². The Kier molecular flexibility index (Phi) is 6.84. The number of aliphatic carboxylic acids is 1. The molecule has 1 N–H and O–H groups in total. The summed E-state index contributed by atoms with van der Waals surface area (Å²) in [5.74, 6) is -3.18. The molecule has 1 aromatic carbocycles. The van der Waals surface area contributed by atoms with Crippen molar-refractivity contribution in [1.29, 1.82) is 0 Å². The number of carboxylic acid groups (broad SMARTS) is 1. The van der Waals surface area contributed by atoms with Crippen molar-refractivity contribution in [2.75, 3.05) is 19.6 Å². The number of carbonyl (C=O) groups is 1. The van der Waals surface area contributed by atoms with E-state index in [0.717, 1.165) is 25.9 Å². The van der Waals surface area contributed by atoms with E-state index < -0.39 is 28.0 Å². The van der Waals surface area contributed by atoms with Gasteiger partial charge in [-0.25, -0.2) is 17.6 Å². The highest BCUT2D eigenvalue weighted by atomic mass is 32.2. The van der Waals surface area contributed by atoms with Crippen LogP contribution in [0, 0.1) is 5.82 Å². The van der Waals surface area contributed by atoms with Crippen LogP contribution in [0.15, 0.2) is 41.8 Å². The molecule has 2 aliphatic heterocycles. The van der Waals surface area contributed by atoms with Crippen LogP contribution in [0.3, 0.4) is 0 Å². The number of sulfonamides is 1. The first-order valence-electron chi connectivity index (χ1n) is 8.41. The topological polar surface area (TPSA) is 77.9 Å². The Morgan fingerprint density at radius 1 is 1.18 bits per heavy atom. The zero-order valence-corrected chi connectivity index (χ0v) is 15.6. The first-order chi connectivity index (χ1) is 13.0. The zero-order valence-electron chi connectivity index (χ0n) is 14.8. The van der Waals surface area contributed by atoms with Crippen LogP contribution in [-0.2, 0) is 14.8 Å². The molecule has 0 aromatic heterocycles. The molecule has 0 unspecified atom stereocenters. The normalized spacial score (nSPS) is 23.0. The van der Waals surface area contributed by atoms with Crippen molar-refractivity contribution in [2.24, 2.45) is 0 Å². The molecular weight excluding hydrogens is 404 g/mol. The van der Waals surface area contributed by atoms with Crippen LogP contribution in [0.1, 0.15) is 12.8 Å². The molecular formula is C17H20F4N2O4S. The van der Waals surface area contributed by atoms with E-state index in [2.05, 4.69) is 11.5 Å². The first-order valence-corrected chi connectivity index (χ1v) is 9.85. The zero-order chi connectivity index (χ0) is 21.1. The van der Waals surface area contributed by atoms with Gasteiger partial charge in [0.25, 0.3) is 0 Å². The van der Waals surface area contributed by atoms with Gasteiger partial charge >= 0.3 is 12.1 Å². The SMILES string of the molecule is C=CCN1CC[C@@H]2[C@@H]1CCN2S(=O)(=O)c1ccc(F)cc1.O=C(O)C(F)(F)F. The second kappa shape index (κ2) is 8.58. The number of alkyl halides is 3. The summed E-state index contributed by atoms with van der Waals surface area (Å²) in [4.78, 5) is 11.4. The van der Waals surface area contributed by atoms with Crippen molar-refractivity contribution in [3.05, 3.63) is 42.7 Å². The molecule has 0 amide bonds. The van der Waals surface area contributed by atoms with Crippen LogP contribution in [0.25, 0.3) is 0 Å². The summed E-state index contributed by atoms with van der Waals surface area (Å²) in [6.07, 6.45) is -1.53. The molecule has 2 aliphatic rings. The number of likely N-dealkylation sites (tertiary alicyclic amines) is 1. The average Bonchev–Trinajstić information content (AvgIpc) is 3.18. The molecule has 6 nitrogen and oxygen atoms in total. The quantitative estimate of drug-likeness (QED) is 0.594. The molecule has 11 heteroatoms. The predicted octanol–water partition coefficient (Wildman–Crippen LogP) is 2.48. The van der Waals surface area contributed by atoms with Crippen LogP contribution in [0.4, 0.5) is 17.6 Å². The largest absolute Gasteiger partial charge is 0.490 e. The van der Waals surface area contributed by atoms with Crippen molar-refractivity contribution in [3.63, 3.8) is 0 Å². The van der Waals surface area contributed by atoms with Crippen molar-refractivity contribution in [3.8, 4) is 0 Å². The van der Waals surface area contributed by atoms with Crippen LogP contribution in [0.5, 0.6) is 0 Å². The van der Waals surface area contributed by atoms with E-state index in [4.69, 9.17) is 9.90 Å². The molecule has 2 saturated heterocycles. The third-order valence-electron chi connectivity index (χ3n) is 4.67. The van der Waals surface area contributed by atoms with Gasteiger partial charge in [-0.05, 0) is 37.1 Å². The maximum atomic E-state index is 13.0. The Morgan fingerprint density at radius 2 is 1.71 bits per heavy atom. The van der Waals surface area contributed by atoms with E-state index in [0.29, 0.717) is 6.54 Å². The van der Waals surface area contributed by atoms with Gasteiger partial charge < -0.3 is 5.11 Å². The lowest BCUT2D eigenvalue weighted by molar-refractivity contribution is -0.192. The van der Waals surface area contributed by atoms with Gasteiger partial charge in [-0.15, -0.1) is 6.58 Å². The van der Waals surface area contributed by atoms with E-state index in [1.807, 2.05) is 6.08 Å². The minimum atomic E-state index is -5.08. The minimum Gasteiger partial charge on any atom is -0.475 e. The van der Waals surface area contributed by atoms with Gasteiger partial charge in [-0.1, -0.05) is 6.08 Å². The molecule has 2 atom stereocenters. The molecule has 2 fully saturated rings. The first kappa shape index (κ1) is 22.3. The van der Waals surface area contributed by atoms with E-state index >= 15 is 0 Å². The average molecular weight is 424 g/mol. The second-order valence-electron chi connectivity index (χ2n) is 6.37. The van der Waals surface area contributed by atoms with Crippen LogP contribution in [-0.4, -0.2) is 66.6 Å². The third-order valence-corrected chi connectivity index (χ3v) is 6.61. The fourth-order valence-electron chi connectivity index (χ4n) is 3.47. The van der Waals surface area contributed by atoms with E-state index in [-0.39, 0.29) is 17.0 Å². The Morgan fingerprint density at radius 3 is 2.21 bits per heavy atom. The lowest BCUT2D eigenvalue weighted by atomic mass is 10.1. The van der Waals surface area contributed by atoms with Gasteiger partial charge in [0.2, 0.25) is 10.0 Å². The minimum absolute atomic E-state index is 0.0278. The lowest BCUT2D eigenvalue weighted by Gasteiger charge is -2.24. The highest BCUT2D eigenvalue weighted by Gasteiger charge is 2.46. The molecule has 0 saturated carbocycles. The number of benzene rings is 1. The fourth-order valence-corrected chi connectivity index (χ4v) is 5.17. The predicted molar refractivity (Wildman–Crippen MR) is 92.6 cm³/mol. The molecule has 0 aliphatic carbocycles. The fraction of sp³-hybridized carbons (Fsp3) is 0.471. The van der Waals surface area contributed by atoms with Gasteiger partial charge in [-0.3, -0.25) is 4.90 Å². The molecule has 1 aromatic rings. The maximum absolute atomic E-state index is 13.0. The van der Waals surface area contributed by atoms with Gasteiger partial charge in [0.15, 0.2) is 0 Å². The number of nitrogens with zero attached hydrogens (tertiary/aromatic N) is 2. The molecule has 156 valence electrons. The molecule has 0 spiro atoms.